The standard InChI is InChI=1S/C18H18N4O3S/c1-21(2)16-7-3-6-15-14(16)5-4-8-18(15)26(23,24)20-22-10-9-17-13(12-22)11-19-25-17/h3-11,20H,12H2,1-2H3. The van der Waals surface area contributed by atoms with Gasteiger partial charge in [0.2, 0.25) is 0 Å². The normalized spacial score (nSPS) is 13.8. The van der Waals surface area contributed by atoms with Gasteiger partial charge in [-0.3, -0.25) is 5.01 Å². The molecule has 0 atom stereocenters. The lowest BCUT2D eigenvalue weighted by atomic mass is 10.1. The van der Waals surface area contributed by atoms with E-state index in [2.05, 4.69) is 9.99 Å². The number of hydrogen-bond acceptors (Lipinski definition) is 6. The van der Waals surface area contributed by atoms with E-state index in [9.17, 15) is 8.42 Å². The molecule has 0 spiro atoms. The van der Waals surface area contributed by atoms with E-state index in [1.807, 2.05) is 43.3 Å². The molecule has 0 fully saturated rings. The summed E-state index contributed by atoms with van der Waals surface area (Å²) < 4.78 is 31.1. The van der Waals surface area contributed by atoms with E-state index in [4.69, 9.17) is 4.52 Å². The van der Waals surface area contributed by atoms with Gasteiger partial charge in [-0.05, 0) is 12.1 Å². The minimum Gasteiger partial charge on any atom is -0.377 e. The maximum absolute atomic E-state index is 13.0. The van der Waals surface area contributed by atoms with Crippen LogP contribution in [0.2, 0.25) is 0 Å². The van der Waals surface area contributed by atoms with Crippen LogP contribution in [0.25, 0.3) is 16.8 Å². The van der Waals surface area contributed by atoms with Gasteiger partial charge in [-0.1, -0.05) is 29.4 Å². The highest BCUT2D eigenvalue weighted by Gasteiger charge is 2.23. The average molecular weight is 370 g/mol. The number of anilines is 1. The zero-order chi connectivity index (χ0) is 18.3. The molecule has 0 saturated heterocycles. The summed E-state index contributed by atoms with van der Waals surface area (Å²) in [4.78, 5) is 4.82. The molecule has 1 aromatic heterocycles. The molecule has 3 aromatic rings. The Morgan fingerprint density at radius 3 is 2.73 bits per heavy atom. The van der Waals surface area contributed by atoms with Crippen molar-refractivity contribution in [3.05, 3.63) is 60.1 Å². The summed E-state index contributed by atoms with van der Waals surface area (Å²) in [5, 5.41) is 6.79. The number of sulfonamides is 1. The first kappa shape index (κ1) is 16.6. The lowest BCUT2D eigenvalue weighted by molar-refractivity contribution is 0.321. The van der Waals surface area contributed by atoms with Crippen molar-refractivity contribution in [3.63, 3.8) is 0 Å². The Balaban J connectivity index is 1.72. The number of aromatic nitrogens is 1. The third-order valence-corrected chi connectivity index (χ3v) is 5.70. The molecule has 0 radical (unpaired) electrons. The minimum absolute atomic E-state index is 0.239. The van der Waals surface area contributed by atoms with Crippen LogP contribution in [0.4, 0.5) is 5.69 Å². The number of nitrogens with zero attached hydrogens (tertiary/aromatic N) is 3. The van der Waals surface area contributed by atoms with Crippen molar-refractivity contribution in [2.24, 2.45) is 0 Å². The lowest BCUT2D eigenvalue weighted by Crippen LogP contribution is -2.38. The number of hydrazine groups is 1. The molecule has 1 aliphatic rings. The van der Waals surface area contributed by atoms with Gasteiger partial charge in [0.05, 0.1) is 17.6 Å². The minimum atomic E-state index is -3.76. The maximum Gasteiger partial charge on any atom is 0.258 e. The SMILES string of the molecule is CN(C)c1cccc2c(S(=O)(=O)NN3C=Cc4oncc4C3)cccc12. The molecule has 1 N–H and O–H groups in total. The first-order chi connectivity index (χ1) is 12.5. The highest BCUT2D eigenvalue weighted by molar-refractivity contribution is 7.89. The second-order valence-electron chi connectivity index (χ2n) is 6.28. The van der Waals surface area contributed by atoms with E-state index in [0.717, 1.165) is 16.6 Å². The lowest BCUT2D eigenvalue weighted by Gasteiger charge is -2.23. The molecule has 0 aliphatic carbocycles. The summed E-state index contributed by atoms with van der Waals surface area (Å²) in [5.74, 6) is 0.640. The molecule has 1 aliphatic heterocycles. The second kappa shape index (κ2) is 6.15. The highest BCUT2D eigenvalue weighted by Crippen LogP contribution is 2.30. The van der Waals surface area contributed by atoms with Crippen LogP contribution in [0, 0.1) is 0 Å². The summed E-state index contributed by atoms with van der Waals surface area (Å²) in [6, 6.07) is 10.9. The van der Waals surface area contributed by atoms with Crippen molar-refractivity contribution < 1.29 is 12.9 Å². The van der Waals surface area contributed by atoms with Crippen molar-refractivity contribution in [2.75, 3.05) is 19.0 Å². The van der Waals surface area contributed by atoms with Gasteiger partial charge < -0.3 is 9.42 Å². The van der Waals surface area contributed by atoms with Gasteiger partial charge >= 0.3 is 0 Å². The van der Waals surface area contributed by atoms with Crippen LogP contribution in [0.15, 0.2) is 58.2 Å². The van der Waals surface area contributed by atoms with Crippen molar-refractivity contribution in [1.29, 1.82) is 0 Å². The smallest absolute Gasteiger partial charge is 0.258 e. The predicted octanol–water partition coefficient (Wildman–Crippen LogP) is 2.57. The number of benzene rings is 2. The molecule has 2 heterocycles. The molecule has 8 heteroatoms. The average Bonchev–Trinajstić information content (AvgIpc) is 3.08. The molecule has 26 heavy (non-hydrogen) atoms. The molecule has 0 saturated carbocycles. The van der Waals surface area contributed by atoms with Crippen LogP contribution in [-0.4, -0.2) is 32.7 Å². The van der Waals surface area contributed by atoms with E-state index in [-0.39, 0.29) is 4.90 Å². The number of hydrogen-bond donors (Lipinski definition) is 1. The van der Waals surface area contributed by atoms with E-state index >= 15 is 0 Å². The molecule has 0 bridgehead atoms. The van der Waals surface area contributed by atoms with Gasteiger partial charge in [0, 0.05) is 48.4 Å². The topological polar surface area (TPSA) is 78.7 Å². The number of rotatable bonds is 4. The third-order valence-electron chi connectivity index (χ3n) is 4.29. The van der Waals surface area contributed by atoms with Crippen LogP contribution < -0.4 is 9.73 Å². The van der Waals surface area contributed by atoms with Crippen molar-refractivity contribution in [3.8, 4) is 0 Å². The van der Waals surface area contributed by atoms with Crippen LogP contribution in [0.5, 0.6) is 0 Å². The van der Waals surface area contributed by atoms with Crippen molar-refractivity contribution in [2.45, 2.75) is 11.4 Å². The maximum atomic E-state index is 13.0. The van der Waals surface area contributed by atoms with Gasteiger partial charge in [0.15, 0.2) is 5.76 Å². The largest absolute Gasteiger partial charge is 0.377 e. The van der Waals surface area contributed by atoms with E-state index in [0.29, 0.717) is 17.7 Å². The number of nitrogens with one attached hydrogen (secondary N) is 1. The van der Waals surface area contributed by atoms with Gasteiger partial charge in [-0.25, -0.2) is 8.42 Å². The van der Waals surface area contributed by atoms with Gasteiger partial charge in [-0.15, -0.1) is 4.83 Å². The number of fused-ring (bicyclic) bond motifs is 2. The second-order valence-corrected chi connectivity index (χ2v) is 7.91. The fraction of sp³-hybridized carbons (Fsp3) is 0.167. The van der Waals surface area contributed by atoms with Crippen LogP contribution in [0.3, 0.4) is 0 Å². The zero-order valence-electron chi connectivity index (χ0n) is 14.4. The third kappa shape index (κ3) is 2.83. The Kier molecular flexibility index (Phi) is 3.93. The molecule has 0 amide bonds. The van der Waals surface area contributed by atoms with Crippen LogP contribution >= 0.6 is 0 Å². The summed E-state index contributed by atoms with van der Waals surface area (Å²) in [6.45, 7) is 0.349. The summed E-state index contributed by atoms with van der Waals surface area (Å²) in [6.07, 6.45) is 4.89. The molecule has 2 aromatic carbocycles. The summed E-state index contributed by atoms with van der Waals surface area (Å²) >= 11 is 0. The Bertz CT molecular complexity index is 1100. The molecule has 0 unspecified atom stereocenters. The van der Waals surface area contributed by atoms with Gasteiger partial charge in [-0.2, -0.15) is 0 Å². The Morgan fingerprint density at radius 2 is 1.92 bits per heavy atom. The molecule has 7 nitrogen and oxygen atoms in total. The summed E-state index contributed by atoms with van der Waals surface area (Å²) in [5.41, 5.74) is 1.79. The van der Waals surface area contributed by atoms with Gasteiger partial charge in [0.25, 0.3) is 10.0 Å². The molecular formula is C18H18N4O3S. The molecule has 4 rings (SSSR count). The van der Waals surface area contributed by atoms with Crippen LogP contribution in [-0.2, 0) is 16.6 Å². The Labute approximate surface area is 151 Å². The van der Waals surface area contributed by atoms with Crippen LogP contribution in [0.1, 0.15) is 11.3 Å². The highest BCUT2D eigenvalue weighted by atomic mass is 32.2. The van der Waals surface area contributed by atoms with E-state index < -0.39 is 10.0 Å². The monoisotopic (exact) mass is 370 g/mol. The Morgan fingerprint density at radius 1 is 1.15 bits per heavy atom. The zero-order valence-corrected chi connectivity index (χ0v) is 15.2. The van der Waals surface area contributed by atoms with E-state index in [1.54, 1.807) is 30.6 Å². The summed E-state index contributed by atoms with van der Waals surface area (Å²) in [7, 11) is 0.108. The van der Waals surface area contributed by atoms with E-state index in [1.165, 1.54) is 5.01 Å². The molecule has 134 valence electrons. The first-order valence-corrected chi connectivity index (χ1v) is 9.54. The first-order valence-electron chi connectivity index (χ1n) is 8.05. The van der Waals surface area contributed by atoms with Crippen molar-refractivity contribution >= 4 is 32.6 Å². The molecular weight excluding hydrogens is 352 g/mol. The van der Waals surface area contributed by atoms with Crippen molar-refractivity contribution in [1.82, 2.24) is 15.0 Å². The Hall–Kier alpha value is -2.84. The van der Waals surface area contributed by atoms with Gasteiger partial charge in [0.1, 0.15) is 0 Å². The quantitative estimate of drug-likeness (QED) is 0.760. The fourth-order valence-corrected chi connectivity index (χ4v) is 4.33. The predicted molar refractivity (Wildman–Crippen MR) is 99.7 cm³/mol. The fourth-order valence-electron chi connectivity index (χ4n) is 3.07.